The summed E-state index contributed by atoms with van der Waals surface area (Å²) in [6.07, 6.45) is 1.44. The van der Waals surface area contributed by atoms with Gasteiger partial charge in [0.25, 0.3) is 5.91 Å². The van der Waals surface area contributed by atoms with Crippen molar-refractivity contribution < 1.29 is 14.4 Å². The van der Waals surface area contributed by atoms with Crippen LogP contribution in [0.4, 0.5) is 0 Å². The maximum atomic E-state index is 12.0. The average Bonchev–Trinajstić information content (AvgIpc) is 2.59. The number of aromatic nitrogens is 1. The van der Waals surface area contributed by atoms with Crippen molar-refractivity contribution in [3.8, 4) is 5.88 Å². The fourth-order valence-corrected chi connectivity index (χ4v) is 2.39. The molecule has 0 aliphatic rings. The molecule has 8 heteroatoms. The van der Waals surface area contributed by atoms with Gasteiger partial charge in [0, 0.05) is 18.8 Å². The highest BCUT2D eigenvalue weighted by Crippen LogP contribution is 2.25. The van der Waals surface area contributed by atoms with Crippen LogP contribution in [0.3, 0.4) is 0 Å². The predicted octanol–water partition coefficient (Wildman–Crippen LogP) is 3.06. The molecule has 126 valence electrons. The van der Waals surface area contributed by atoms with Crippen LogP contribution >= 0.6 is 23.2 Å². The summed E-state index contributed by atoms with van der Waals surface area (Å²) in [6, 6.07) is 8.73. The normalized spacial score (nSPS) is 11.1. The maximum absolute atomic E-state index is 12.0. The van der Waals surface area contributed by atoms with Crippen LogP contribution in [0.15, 0.2) is 41.7 Å². The van der Waals surface area contributed by atoms with E-state index in [9.17, 15) is 4.79 Å². The first kappa shape index (κ1) is 18.0. The first-order valence-electron chi connectivity index (χ1n) is 6.92. The quantitative estimate of drug-likeness (QED) is 0.628. The van der Waals surface area contributed by atoms with Crippen molar-refractivity contribution in [3.63, 3.8) is 0 Å². The largest absolute Gasteiger partial charge is 0.472 e. The number of hydrogen-bond acceptors (Lipinski definition) is 5. The second kappa shape index (κ2) is 8.52. The highest BCUT2D eigenvalue weighted by Gasteiger charge is 2.17. The highest BCUT2D eigenvalue weighted by molar-refractivity contribution is 6.45. The summed E-state index contributed by atoms with van der Waals surface area (Å²) in [5.41, 5.74) is 1.46. The van der Waals surface area contributed by atoms with Gasteiger partial charge in [-0.3, -0.25) is 4.79 Å². The minimum Gasteiger partial charge on any atom is -0.472 e. The maximum Gasteiger partial charge on any atom is 0.273 e. The Hall–Kier alpha value is -2.31. The van der Waals surface area contributed by atoms with Crippen LogP contribution in [0.25, 0.3) is 0 Å². The number of halogens is 2. The van der Waals surface area contributed by atoms with Crippen molar-refractivity contribution in [2.45, 2.75) is 6.61 Å². The third kappa shape index (κ3) is 4.37. The van der Waals surface area contributed by atoms with Crippen LogP contribution in [0, 0.1) is 0 Å². The smallest absolute Gasteiger partial charge is 0.273 e. The first-order valence-corrected chi connectivity index (χ1v) is 7.67. The van der Waals surface area contributed by atoms with Crippen molar-refractivity contribution >= 4 is 34.8 Å². The molecule has 0 saturated heterocycles. The molecule has 2 aromatic rings. The fourth-order valence-electron chi connectivity index (χ4n) is 1.95. The number of carbonyl (C=O) groups is 1. The van der Waals surface area contributed by atoms with E-state index in [1.54, 1.807) is 18.2 Å². The summed E-state index contributed by atoms with van der Waals surface area (Å²) in [6.45, 7) is 0.143. The molecular weight excluding hydrogens is 353 g/mol. The van der Waals surface area contributed by atoms with Gasteiger partial charge in [0.05, 0.1) is 5.02 Å². The van der Waals surface area contributed by atoms with E-state index in [4.69, 9.17) is 32.8 Å². The van der Waals surface area contributed by atoms with Gasteiger partial charge in [-0.1, -0.05) is 52.6 Å². The van der Waals surface area contributed by atoms with E-state index in [0.717, 1.165) is 5.56 Å². The Bertz CT molecular complexity index is 766. The summed E-state index contributed by atoms with van der Waals surface area (Å²) in [5.74, 6) is -0.118. The molecular formula is C16H15Cl2N3O3. The molecule has 0 bridgehead atoms. The van der Waals surface area contributed by atoms with Crippen molar-refractivity contribution in [2.24, 2.45) is 5.16 Å². The molecule has 0 spiro atoms. The topological polar surface area (TPSA) is 72.8 Å². The molecule has 0 fully saturated rings. The van der Waals surface area contributed by atoms with E-state index in [-0.39, 0.29) is 24.1 Å². The molecule has 1 heterocycles. The lowest BCUT2D eigenvalue weighted by atomic mass is 10.0. The number of amides is 1. The lowest BCUT2D eigenvalue weighted by Gasteiger charge is -2.12. The standard InChI is InChI=1S/C16H15Cl2N3O3/c1-19-15(22)14(21-23-2)12-6-4-3-5-10(12)9-24-16-13(18)7-11(17)8-20-16/h3-8H,9H2,1-2H3,(H,19,22)/b21-14-. The molecule has 0 radical (unpaired) electrons. The molecule has 0 aliphatic heterocycles. The molecule has 2 rings (SSSR count). The molecule has 24 heavy (non-hydrogen) atoms. The Morgan fingerprint density at radius 2 is 2.08 bits per heavy atom. The van der Waals surface area contributed by atoms with E-state index >= 15 is 0 Å². The zero-order valence-electron chi connectivity index (χ0n) is 13.0. The molecule has 0 unspecified atom stereocenters. The third-order valence-electron chi connectivity index (χ3n) is 3.04. The third-order valence-corrected chi connectivity index (χ3v) is 3.51. The number of benzene rings is 1. The second-order valence-electron chi connectivity index (χ2n) is 4.59. The Morgan fingerprint density at radius 3 is 2.75 bits per heavy atom. The second-order valence-corrected chi connectivity index (χ2v) is 5.43. The van der Waals surface area contributed by atoms with E-state index in [2.05, 4.69) is 15.5 Å². The number of ether oxygens (including phenoxy) is 1. The molecule has 1 N–H and O–H groups in total. The molecule has 1 amide bonds. The number of carbonyl (C=O) groups excluding carboxylic acids is 1. The molecule has 1 aromatic heterocycles. The number of hydrogen-bond donors (Lipinski definition) is 1. The van der Waals surface area contributed by atoms with Crippen LogP contribution in [-0.4, -0.2) is 30.8 Å². The average molecular weight is 368 g/mol. The Morgan fingerprint density at radius 1 is 1.33 bits per heavy atom. The Kier molecular flexibility index (Phi) is 6.40. The highest BCUT2D eigenvalue weighted by atomic mass is 35.5. The van der Waals surface area contributed by atoms with Crippen LogP contribution in [-0.2, 0) is 16.2 Å². The van der Waals surface area contributed by atoms with Crippen LogP contribution in [0.1, 0.15) is 11.1 Å². The fraction of sp³-hybridized carbons (Fsp3) is 0.188. The van der Waals surface area contributed by atoms with Crippen LogP contribution < -0.4 is 10.1 Å². The van der Waals surface area contributed by atoms with E-state index in [0.29, 0.717) is 15.6 Å². The predicted molar refractivity (Wildman–Crippen MR) is 92.6 cm³/mol. The summed E-state index contributed by atoms with van der Waals surface area (Å²) < 4.78 is 5.63. The number of oxime groups is 1. The number of pyridine rings is 1. The monoisotopic (exact) mass is 367 g/mol. The van der Waals surface area contributed by atoms with Crippen molar-refractivity contribution in [1.82, 2.24) is 10.3 Å². The van der Waals surface area contributed by atoms with Crippen LogP contribution in [0.5, 0.6) is 5.88 Å². The van der Waals surface area contributed by atoms with Gasteiger partial charge in [-0.15, -0.1) is 0 Å². The van der Waals surface area contributed by atoms with Crippen molar-refractivity contribution in [2.75, 3.05) is 14.2 Å². The van der Waals surface area contributed by atoms with Gasteiger partial charge < -0.3 is 14.9 Å². The van der Waals surface area contributed by atoms with Gasteiger partial charge >= 0.3 is 0 Å². The van der Waals surface area contributed by atoms with Crippen molar-refractivity contribution in [3.05, 3.63) is 57.7 Å². The molecule has 6 nitrogen and oxygen atoms in total. The number of nitrogens with one attached hydrogen (secondary N) is 1. The zero-order chi connectivity index (χ0) is 17.5. The molecule has 0 saturated carbocycles. The SMILES string of the molecule is CNC(=O)/C(=N\OC)c1ccccc1COc1ncc(Cl)cc1Cl. The number of likely N-dealkylation sites (N-methyl/N-ethyl adjacent to an activating group) is 1. The minimum absolute atomic E-state index is 0.143. The van der Waals surface area contributed by atoms with E-state index < -0.39 is 0 Å². The van der Waals surface area contributed by atoms with E-state index in [1.807, 2.05) is 12.1 Å². The zero-order valence-corrected chi connectivity index (χ0v) is 14.6. The Labute approximate surface area is 149 Å². The molecule has 0 aliphatic carbocycles. The lowest BCUT2D eigenvalue weighted by Crippen LogP contribution is -2.29. The van der Waals surface area contributed by atoms with Gasteiger partial charge in [-0.05, 0) is 11.6 Å². The van der Waals surface area contributed by atoms with Crippen molar-refractivity contribution in [1.29, 1.82) is 0 Å². The Balaban J connectivity index is 2.28. The lowest BCUT2D eigenvalue weighted by molar-refractivity contribution is -0.114. The summed E-state index contributed by atoms with van der Waals surface area (Å²) in [7, 11) is 2.89. The van der Waals surface area contributed by atoms with Gasteiger partial charge in [-0.25, -0.2) is 4.98 Å². The summed E-state index contributed by atoms with van der Waals surface area (Å²) in [5, 5.41) is 7.05. The number of rotatable bonds is 6. The van der Waals surface area contributed by atoms with E-state index in [1.165, 1.54) is 20.4 Å². The van der Waals surface area contributed by atoms with Gasteiger partial charge in [0.15, 0.2) is 5.71 Å². The van der Waals surface area contributed by atoms with Gasteiger partial charge in [0.2, 0.25) is 5.88 Å². The summed E-state index contributed by atoms with van der Waals surface area (Å²) >= 11 is 11.9. The first-order chi connectivity index (χ1) is 11.6. The molecule has 0 atom stereocenters. The summed E-state index contributed by atoms with van der Waals surface area (Å²) in [4.78, 5) is 20.8. The van der Waals surface area contributed by atoms with Crippen LogP contribution in [0.2, 0.25) is 10.0 Å². The van der Waals surface area contributed by atoms with Gasteiger partial charge in [0.1, 0.15) is 18.7 Å². The number of nitrogens with zero attached hydrogens (tertiary/aromatic N) is 2. The molecule has 1 aromatic carbocycles. The minimum atomic E-state index is -0.369. The van der Waals surface area contributed by atoms with Gasteiger partial charge in [-0.2, -0.15) is 0 Å².